The summed E-state index contributed by atoms with van der Waals surface area (Å²) in [7, 11) is 1.73. The van der Waals surface area contributed by atoms with E-state index in [4.69, 9.17) is 15.0 Å². The maximum atomic E-state index is 5.84. The molecule has 0 bridgehead atoms. The molecule has 0 spiro atoms. The Morgan fingerprint density at radius 3 is 2.78 bits per heavy atom. The molecule has 98 valence electrons. The Bertz CT molecular complexity index is 449. The van der Waals surface area contributed by atoms with E-state index in [0.717, 1.165) is 32.1 Å². The molecule has 2 aliphatic rings. The van der Waals surface area contributed by atoms with Crippen LogP contribution in [-0.2, 0) is 10.3 Å². The van der Waals surface area contributed by atoms with Gasteiger partial charge in [0.25, 0.3) is 0 Å². The molecule has 1 saturated carbocycles. The molecule has 2 unspecified atom stereocenters. The molecule has 1 fully saturated rings. The van der Waals surface area contributed by atoms with Crippen LogP contribution in [0.25, 0.3) is 0 Å². The number of ether oxygens (including phenoxy) is 1. The Morgan fingerprint density at radius 1 is 1.39 bits per heavy atom. The first-order valence-corrected chi connectivity index (χ1v) is 6.57. The summed E-state index contributed by atoms with van der Waals surface area (Å²) in [5.41, 5.74) is 5.52. The van der Waals surface area contributed by atoms with E-state index in [9.17, 15) is 0 Å². The summed E-state index contributed by atoms with van der Waals surface area (Å²) < 4.78 is 11.0. The normalized spacial score (nSPS) is 30.1. The van der Waals surface area contributed by atoms with Crippen molar-refractivity contribution in [1.82, 2.24) is 10.1 Å². The van der Waals surface area contributed by atoms with Crippen LogP contribution in [0.5, 0.6) is 0 Å². The number of methoxy groups -OCH3 is 1. The van der Waals surface area contributed by atoms with Crippen LogP contribution < -0.4 is 5.73 Å². The Kier molecular flexibility index (Phi) is 2.95. The van der Waals surface area contributed by atoms with Gasteiger partial charge in [-0.1, -0.05) is 17.3 Å². The molecule has 1 aromatic heterocycles. The quantitative estimate of drug-likeness (QED) is 0.827. The second-order valence-electron chi connectivity index (χ2n) is 5.25. The second kappa shape index (κ2) is 4.48. The second-order valence-corrected chi connectivity index (χ2v) is 5.25. The fourth-order valence-corrected chi connectivity index (χ4v) is 2.95. The summed E-state index contributed by atoms with van der Waals surface area (Å²) in [4.78, 5) is 4.54. The van der Waals surface area contributed by atoms with Crippen LogP contribution in [0.15, 0.2) is 16.7 Å². The Morgan fingerprint density at radius 2 is 2.17 bits per heavy atom. The van der Waals surface area contributed by atoms with E-state index in [0.29, 0.717) is 11.7 Å². The van der Waals surface area contributed by atoms with Gasteiger partial charge in [0, 0.05) is 13.2 Å². The van der Waals surface area contributed by atoms with Gasteiger partial charge in [-0.05, 0) is 32.1 Å². The number of rotatable bonds is 3. The molecule has 0 amide bonds. The molecule has 3 rings (SSSR count). The monoisotopic (exact) mass is 249 g/mol. The third-order valence-electron chi connectivity index (χ3n) is 4.09. The molecule has 0 saturated heterocycles. The van der Waals surface area contributed by atoms with Crippen LogP contribution in [-0.4, -0.2) is 23.3 Å². The molecule has 18 heavy (non-hydrogen) atoms. The molecule has 0 aliphatic heterocycles. The van der Waals surface area contributed by atoms with Gasteiger partial charge < -0.3 is 15.0 Å². The largest absolute Gasteiger partial charge is 0.370 e. The van der Waals surface area contributed by atoms with Gasteiger partial charge in [0.2, 0.25) is 11.7 Å². The molecule has 1 heterocycles. The van der Waals surface area contributed by atoms with Crippen LogP contribution in [0.2, 0.25) is 0 Å². The predicted octanol–water partition coefficient (Wildman–Crippen LogP) is 1.86. The van der Waals surface area contributed by atoms with Gasteiger partial charge in [0.1, 0.15) is 5.60 Å². The highest BCUT2D eigenvalue weighted by atomic mass is 16.5. The topological polar surface area (TPSA) is 74.2 Å². The smallest absolute Gasteiger partial charge is 0.233 e. The van der Waals surface area contributed by atoms with E-state index in [2.05, 4.69) is 16.2 Å². The molecule has 2 N–H and O–H groups in total. The maximum absolute atomic E-state index is 5.84. The molecule has 0 radical (unpaired) electrons. The molecule has 5 heteroatoms. The Hall–Kier alpha value is -1.20. The van der Waals surface area contributed by atoms with Crippen LogP contribution in [0.1, 0.15) is 49.7 Å². The van der Waals surface area contributed by atoms with Gasteiger partial charge in [-0.15, -0.1) is 0 Å². The standard InChI is InChI=1S/C13H19N3O2/c1-17-13(6-2-3-7-13)12-15-11(18-16-12)9-4-5-10(14)8-9/h4-5,9-10H,2-3,6-8,14H2,1H3. The number of nitrogens with two attached hydrogens (primary N) is 1. The highest BCUT2D eigenvalue weighted by molar-refractivity contribution is 5.16. The zero-order valence-corrected chi connectivity index (χ0v) is 10.6. The molecule has 0 aromatic carbocycles. The van der Waals surface area contributed by atoms with Crippen molar-refractivity contribution in [3.63, 3.8) is 0 Å². The van der Waals surface area contributed by atoms with E-state index in [-0.39, 0.29) is 17.6 Å². The first-order valence-electron chi connectivity index (χ1n) is 6.57. The summed E-state index contributed by atoms with van der Waals surface area (Å²) >= 11 is 0. The first kappa shape index (κ1) is 11.9. The lowest BCUT2D eigenvalue weighted by molar-refractivity contribution is -0.0178. The van der Waals surface area contributed by atoms with Gasteiger partial charge in [-0.25, -0.2) is 0 Å². The highest BCUT2D eigenvalue weighted by Gasteiger charge is 2.40. The molecule has 2 aliphatic carbocycles. The van der Waals surface area contributed by atoms with Crippen LogP contribution in [0.4, 0.5) is 0 Å². The number of hydrogen-bond acceptors (Lipinski definition) is 5. The minimum atomic E-state index is -0.327. The SMILES string of the molecule is COC1(c2noc(C3C=CC(N)C3)n2)CCCC1. The minimum Gasteiger partial charge on any atom is -0.370 e. The van der Waals surface area contributed by atoms with Crippen molar-refractivity contribution in [2.75, 3.05) is 7.11 Å². The van der Waals surface area contributed by atoms with Crippen molar-refractivity contribution in [3.05, 3.63) is 23.9 Å². The number of hydrogen-bond donors (Lipinski definition) is 1. The van der Waals surface area contributed by atoms with Crippen molar-refractivity contribution < 1.29 is 9.26 Å². The Balaban J connectivity index is 1.83. The maximum Gasteiger partial charge on any atom is 0.233 e. The van der Waals surface area contributed by atoms with E-state index in [1.165, 1.54) is 0 Å². The fourth-order valence-electron chi connectivity index (χ4n) is 2.95. The van der Waals surface area contributed by atoms with Gasteiger partial charge in [0.05, 0.1) is 5.92 Å². The molecule has 5 nitrogen and oxygen atoms in total. The molecule has 2 atom stereocenters. The predicted molar refractivity (Wildman–Crippen MR) is 65.9 cm³/mol. The summed E-state index contributed by atoms with van der Waals surface area (Å²) in [6.45, 7) is 0. The number of aromatic nitrogens is 2. The molecular weight excluding hydrogens is 230 g/mol. The van der Waals surface area contributed by atoms with E-state index >= 15 is 0 Å². The molecule has 1 aromatic rings. The van der Waals surface area contributed by atoms with Crippen molar-refractivity contribution in [1.29, 1.82) is 0 Å². The fraction of sp³-hybridized carbons (Fsp3) is 0.692. The highest BCUT2D eigenvalue weighted by Crippen LogP contribution is 2.40. The minimum absolute atomic E-state index is 0.105. The lowest BCUT2D eigenvalue weighted by Gasteiger charge is -2.22. The third-order valence-corrected chi connectivity index (χ3v) is 4.09. The lowest BCUT2D eigenvalue weighted by atomic mass is 10.0. The third kappa shape index (κ3) is 1.87. The van der Waals surface area contributed by atoms with E-state index in [1.54, 1.807) is 7.11 Å². The van der Waals surface area contributed by atoms with Crippen LogP contribution in [0, 0.1) is 0 Å². The summed E-state index contributed by atoms with van der Waals surface area (Å²) in [5.74, 6) is 1.53. The van der Waals surface area contributed by atoms with Crippen molar-refractivity contribution >= 4 is 0 Å². The Labute approximate surface area is 106 Å². The van der Waals surface area contributed by atoms with Crippen molar-refractivity contribution in [2.24, 2.45) is 5.73 Å². The summed E-state index contributed by atoms with van der Waals surface area (Å²) in [6.07, 6.45) is 9.16. The van der Waals surface area contributed by atoms with Crippen LogP contribution in [0.3, 0.4) is 0 Å². The van der Waals surface area contributed by atoms with Gasteiger partial charge in [-0.2, -0.15) is 4.98 Å². The summed E-state index contributed by atoms with van der Waals surface area (Å²) in [5, 5.41) is 4.13. The van der Waals surface area contributed by atoms with Gasteiger partial charge in [0.15, 0.2) is 0 Å². The summed E-state index contributed by atoms with van der Waals surface area (Å²) in [6, 6.07) is 0.105. The van der Waals surface area contributed by atoms with Gasteiger partial charge in [-0.3, -0.25) is 0 Å². The van der Waals surface area contributed by atoms with E-state index < -0.39 is 0 Å². The average Bonchev–Trinajstić information content (AvgIpc) is 3.08. The zero-order chi connectivity index (χ0) is 12.6. The molecular formula is C13H19N3O2. The number of nitrogens with zero attached hydrogens (tertiary/aromatic N) is 2. The first-order chi connectivity index (χ1) is 8.73. The lowest BCUT2D eigenvalue weighted by Crippen LogP contribution is -2.26. The van der Waals surface area contributed by atoms with E-state index in [1.807, 2.05) is 6.08 Å². The van der Waals surface area contributed by atoms with Crippen LogP contribution >= 0.6 is 0 Å². The average molecular weight is 249 g/mol. The van der Waals surface area contributed by atoms with Gasteiger partial charge >= 0.3 is 0 Å². The zero-order valence-electron chi connectivity index (χ0n) is 10.6. The number of allylic oxidation sites excluding steroid dienone is 1. The van der Waals surface area contributed by atoms with Crippen molar-refractivity contribution in [2.45, 2.75) is 49.7 Å². The van der Waals surface area contributed by atoms with Crippen molar-refractivity contribution in [3.8, 4) is 0 Å².